The third-order valence-electron chi connectivity index (χ3n) is 4.08. The molecule has 1 aliphatic heterocycles. The fraction of sp³-hybridized carbons (Fsp3) is 0.294. The lowest BCUT2D eigenvalue weighted by Crippen LogP contribution is -2.46. The minimum Gasteiger partial charge on any atom is -0.295 e. The van der Waals surface area contributed by atoms with Crippen LogP contribution in [0.5, 0.6) is 0 Å². The third kappa shape index (κ3) is 2.75. The van der Waals surface area contributed by atoms with E-state index in [1.807, 2.05) is 0 Å². The van der Waals surface area contributed by atoms with Crippen LogP contribution in [0.15, 0.2) is 59.1 Å². The second-order valence-electron chi connectivity index (χ2n) is 5.29. The van der Waals surface area contributed by atoms with Crippen LogP contribution in [-0.4, -0.2) is 18.0 Å². The average Bonchev–Trinajstić information content (AvgIpc) is 2.39. The van der Waals surface area contributed by atoms with E-state index in [-0.39, 0.29) is 0 Å². The first-order valence-electron chi connectivity index (χ1n) is 6.78. The van der Waals surface area contributed by atoms with Gasteiger partial charge < -0.3 is 0 Å². The monoisotopic (exact) mass is 315 g/mol. The van der Waals surface area contributed by atoms with Crippen molar-refractivity contribution in [1.29, 1.82) is 0 Å². The first-order chi connectivity index (χ1) is 9.24. The predicted molar refractivity (Wildman–Crippen MR) is 83.3 cm³/mol. The molecule has 98 valence electrons. The molecule has 0 spiro atoms. The highest BCUT2D eigenvalue weighted by Gasteiger charge is 2.31. The van der Waals surface area contributed by atoms with Gasteiger partial charge in [-0.2, -0.15) is 0 Å². The molecule has 0 bridgehead atoms. The van der Waals surface area contributed by atoms with Gasteiger partial charge in [0.2, 0.25) is 0 Å². The van der Waals surface area contributed by atoms with E-state index in [0.717, 1.165) is 4.47 Å². The first kappa shape index (κ1) is 12.9. The number of halogens is 1. The number of nitrogens with zero attached hydrogens (tertiary/aromatic N) is 1. The van der Waals surface area contributed by atoms with Gasteiger partial charge in [-0.1, -0.05) is 58.4 Å². The Morgan fingerprint density at radius 3 is 2.26 bits per heavy atom. The molecule has 1 saturated heterocycles. The maximum atomic E-state index is 3.49. The highest BCUT2D eigenvalue weighted by Crippen LogP contribution is 2.34. The van der Waals surface area contributed by atoms with Crippen molar-refractivity contribution in [3.63, 3.8) is 0 Å². The van der Waals surface area contributed by atoms with E-state index >= 15 is 0 Å². The lowest BCUT2D eigenvalue weighted by atomic mass is 9.89. The summed E-state index contributed by atoms with van der Waals surface area (Å²) >= 11 is 3.49. The lowest BCUT2D eigenvalue weighted by Gasteiger charge is -2.43. The summed E-state index contributed by atoms with van der Waals surface area (Å²) in [5.74, 6) is 0.707. The van der Waals surface area contributed by atoms with Crippen molar-refractivity contribution < 1.29 is 0 Å². The smallest absolute Gasteiger partial charge is 0.0320 e. The molecule has 0 saturated carbocycles. The standard InChI is InChI=1S/C17H18BrN/c1-13(14-7-9-17(18)10-8-14)19-11-16(12-19)15-5-3-2-4-6-15/h2-10,13,16H,11-12H2,1H3. The predicted octanol–water partition coefficient (Wildman–Crippen LogP) is 4.61. The highest BCUT2D eigenvalue weighted by molar-refractivity contribution is 9.10. The molecule has 2 heteroatoms. The summed E-state index contributed by atoms with van der Waals surface area (Å²) in [6.45, 7) is 4.63. The van der Waals surface area contributed by atoms with Crippen LogP contribution in [-0.2, 0) is 0 Å². The van der Waals surface area contributed by atoms with Gasteiger partial charge in [0.05, 0.1) is 0 Å². The van der Waals surface area contributed by atoms with Crippen molar-refractivity contribution in [2.75, 3.05) is 13.1 Å². The van der Waals surface area contributed by atoms with Gasteiger partial charge in [0, 0.05) is 29.5 Å². The molecule has 19 heavy (non-hydrogen) atoms. The molecule has 3 rings (SSSR count). The van der Waals surface area contributed by atoms with Crippen molar-refractivity contribution in [3.8, 4) is 0 Å². The Kier molecular flexibility index (Phi) is 3.72. The SMILES string of the molecule is CC(c1ccc(Br)cc1)N1CC(c2ccccc2)C1. The molecule has 1 aliphatic rings. The van der Waals surface area contributed by atoms with Crippen LogP contribution in [0.25, 0.3) is 0 Å². The first-order valence-corrected chi connectivity index (χ1v) is 7.58. The molecule has 1 heterocycles. The molecule has 1 nitrogen and oxygen atoms in total. The molecule has 0 aliphatic carbocycles. The van der Waals surface area contributed by atoms with Crippen LogP contribution < -0.4 is 0 Å². The van der Waals surface area contributed by atoms with E-state index in [0.29, 0.717) is 12.0 Å². The van der Waals surface area contributed by atoms with Crippen LogP contribution in [0.4, 0.5) is 0 Å². The molecule has 0 N–H and O–H groups in total. The topological polar surface area (TPSA) is 3.24 Å². The Bertz CT molecular complexity index is 529. The van der Waals surface area contributed by atoms with Gasteiger partial charge in [0.1, 0.15) is 0 Å². The van der Waals surface area contributed by atoms with Crippen LogP contribution in [0, 0.1) is 0 Å². The zero-order chi connectivity index (χ0) is 13.2. The van der Waals surface area contributed by atoms with Crippen molar-refractivity contribution in [2.24, 2.45) is 0 Å². The second kappa shape index (κ2) is 5.48. The maximum Gasteiger partial charge on any atom is 0.0320 e. The Balaban J connectivity index is 1.63. The Morgan fingerprint density at radius 2 is 1.63 bits per heavy atom. The van der Waals surface area contributed by atoms with Crippen LogP contribution >= 0.6 is 15.9 Å². The summed E-state index contributed by atoms with van der Waals surface area (Å²) in [4.78, 5) is 2.54. The Labute approximate surface area is 123 Å². The van der Waals surface area contributed by atoms with Gasteiger partial charge >= 0.3 is 0 Å². The number of hydrogen-bond donors (Lipinski definition) is 0. The molecule has 0 amide bonds. The average molecular weight is 316 g/mol. The number of likely N-dealkylation sites (tertiary alicyclic amines) is 1. The molecule has 1 fully saturated rings. The summed E-state index contributed by atoms with van der Waals surface area (Å²) in [5, 5.41) is 0. The van der Waals surface area contributed by atoms with E-state index in [1.54, 1.807) is 0 Å². The largest absolute Gasteiger partial charge is 0.295 e. The molecular weight excluding hydrogens is 298 g/mol. The minimum atomic E-state index is 0.507. The van der Waals surface area contributed by atoms with Gasteiger partial charge in [-0.05, 0) is 30.2 Å². The van der Waals surface area contributed by atoms with Crippen molar-refractivity contribution in [2.45, 2.75) is 18.9 Å². The summed E-state index contributed by atoms with van der Waals surface area (Å²) in [6.07, 6.45) is 0. The van der Waals surface area contributed by atoms with Crippen LogP contribution in [0.1, 0.15) is 30.0 Å². The normalized spacial score (nSPS) is 18.0. The molecule has 0 aromatic heterocycles. The summed E-state index contributed by atoms with van der Waals surface area (Å²) in [7, 11) is 0. The van der Waals surface area contributed by atoms with Crippen molar-refractivity contribution >= 4 is 15.9 Å². The van der Waals surface area contributed by atoms with E-state index in [4.69, 9.17) is 0 Å². The number of benzene rings is 2. The Hall–Kier alpha value is -1.12. The third-order valence-corrected chi connectivity index (χ3v) is 4.61. The van der Waals surface area contributed by atoms with Crippen LogP contribution in [0.2, 0.25) is 0 Å². The lowest BCUT2D eigenvalue weighted by molar-refractivity contribution is 0.100. The summed E-state index contributed by atoms with van der Waals surface area (Å²) < 4.78 is 1.15. The fourth-order valence-corrected chi connectivity index (χ4v) is 2.98. The molecule has 2 aromatic carbocycles. The quantitative estimate of drug-likeness (QED) is 0.799. The summed E-state index contributed by atoms with van der Waals surface area (Å²) in [6, 6.07) is 20.0. The van der Waals surface area contributed by atoms with Gasteiger partial charge in [-0.25, -0.2) is 0 Å². The minimum absolute atomic E-state index is 0.507. The fourth-order valence-electron chi connectivity index (χ4n) is 2.72. The molecule has 1 atom stereocenters. The molecule has 0 radical (unpaired) electrons. The Morgan fingerprint density at radius 1 is 1.00 bits per heavy atom. The number of hydrogen-bond acceptors (Lipinski definition) is 1. The van der Waals surface area contributed by atoms with E-state index in [9.17, 15) is 0 Å². The molecule has 2 aromatic rings. The van der Waals surface area contributed by atoms with Crippen molar-refractivity contribution in [3.05, 3.63) is 70.2 Å². The molecule has 1 unspecified atom stereocenters. The van der Waals surface area contributed by atoms with Gasteiger partial charge in [0.25, 0.3) is 0 Å². The highest BCUT2D eigenvalue weighted by atomic mass is 79.9. The summed E-state index contributed by atoms with van der Waals surface area (Å²) in [5.41, 5.74) is 2.87. The van der Waals surface area contributed by atoms with Crippen molar-refractivity contribution in [1.82, 2.24) is 4.90 Å². The van der Waals surface area contributed by atoms with E-state index in [2.05, 4.69) is 82.4 Å². The second-order valence-corrected chi connectivity index (χ2v) is 6.20. The zero-order valence-electron chi connectivity index (χ0n) is 11.1. The maximum absolute atomic E-state index is 3.49. The van der Waals surface area contributed by atoms with Gasteiger partial charge in [-0.15, -0.1) is 0 Å². The van der Waals surface area contributed by atoms with E-state index in [1.165, 1.54) is 24.2 Å². The number of rotatable bonds is 3. The van der Waals surface area contributed by atoms with E-state index < -0.39 is 0 Å². The molecular formula is C17H18BrN. The van der Waals surface area contributed by atoms with Crippen LogP contribution in [0.3, 0.4) is 0 Å². The van der Waals surface area contributed by atoms with Gasteiger partial charge in [0.15, 0.2) is 0 Å². The van der Waals surface area contributed by atoms with Gasteiger partial charge in [-0.3, -0.25) is 4.90 Å². The zero-order valence-corrected chi connectivity index (χ0v) is 12.7.